The number of nitrogens with zero attached hydrogens (tertiary/aromatic N) is 4. The number of aromatic nitrogens is 2. The van der Waals surface area contributed by atoms with Gasteiger partial charge in [0.05, 0.1) is 6.54 Å². The number of carbonyl (C=O) groups is 1. The minimum absolute atomic E-state index is 0.105. The summed E-state index contributed by atoms with van der Waals surface area (Å²) in [6.45, 7) is 6.64. The third kappa shape index (κ3) is 4.54. The van der Waals surface area contributed by atoms with Crippen LogP contribution in [0.15, 0.2) is 12.4 Å². The van der Waals surface area contributed by atoms with Gasteiger partial charge in [0.1, 0.15) is 5.82 Å². The number of aryl methyl sites for hydroxylation is 1. The van der Waals surface area contributed by atoms with Crippen LogP contribution in [0.2, 0.25) is 0 Å². The van der Waals surface area contributed by atoms with Crippen molar-refractivity contribution >= 4 is 5.91 Å². The van der Waals surface area contributed by atoms with Gasteiger partial charge >= 0.3 is 0 Å². The number of hydrogen-bond donors (Lipinski definition) is 1. The first-order chi connectivity index (χ1) is 10.1. The molecular weight excluding hydrogens is 266 g/mol. The Labute approximate surface area is 127 Å². The average Bonchev–Trinajstić information content (AvgIpc) is 2.88. The molecule has 1 aliphatic rings. The molecule has 0 spiro atoms. The van der Waals surface area contributed by atoms with Crippen LogP contribution in [0, 0.1) is 0 Å². The van der Waals surface area contributed by atoms with Gasteiger partial charge in [-0.1, -0.05) is 6.92 Å². The molecule has 0 aromatic carbocycles. The van der Waals surface area contributed by atoms with Crippen LogP contribution >= 0.6 is 0 Å². The Morgan fingerprint density at radius 2 is 2.24 bits per heavy atom. The lowest BCUT2D eigenvalue weighted by Gasteiger charge is -2.37. The van der Waals surface area contributed by atoms with Crippen molar-refractivity contribution in [2.45, 2.75) is 38.9 Å². The summed E-state index contributed by atoms with van der Waals surface area (Å²) in [5.74, 6) is 1.03. The summed E-state index contributed by atoms with van der Waals surface area (Å²) in [5, 5.41) is 3.00. The highest BCUT2D eigenvalue weighted by molar-refractivity contribution is 5.76. The fourth-order valence-corrected chi connectivity index (χ4v) is 2.74. The van der Waals surface area contributed by atoms with E-state index in [1.54, 1.807) is 6.20 Å². The molecule has 0 saturated carbocycles. The van der Waals surface area contributed by atoms with Crippen molar-refractivity contribution in [1.29, 1.82) is 0 Å². The van der Waals surface area contributed by atoms with Gasteiger partial charge in [-0.05, 0) is 20.5 Å². The highest BCUT2D eigenvalue weighted by atomic mass is 16.1. The SMILES string of the molecule is CCCn1ccnc1CNC(=O)C[C@@H]1CN(C)CCN1C. The molecule has 2 heterocycles. The first kappa shape index (κ1) is 16.0. The molecule has 2 rings (SSSR count). The molecular formula is C15H27N5O. The van der Waals surface area contributed by atoms with Crippen molar-refractivity contribution in [1.82, 2.24) is 24.7 Å². The summed E-state index contributed by atoms with van der Waals surface area (Å²) >= 11 is 0. The van der Waals surface area contributed by atoms with Crippen molar-refractivity contribution in [2.24, 2.45) is 0 Å². The number of hydrogen-bond acceptors (Lipinski definition) is 4. The lowest BCUT2D eigenvalue weighted by molar-refractivity contribution is -0.122. The highest BCUT2D eigenvalue weighted by Gasteiger charge is 2.24. The molecule has 6 heteroatoms. The van der Waals surface area contributed by atoms with Crippen LogP contribution in [0.3, 0.4) is 0 Å². The van der Waals surface area contributed by atoms with E-state index in [2.05, 4.69) is 45.7 Å². The van der Waals surface area contributed by atoms with Crippen LogP contribution in [0.25, 0.3) is 0 Å². The van der Waals surface area contributed by atoms with Crippen LogP contribution < -0.4 is 5.32 Å². The molecule has 1 atom stereocenters. The van der Waals surface area contributed by atoms with E-state index in [0.717, 1.165) is 38.4 Å². The predicted octanol–water partition coefficient (Wildman–Crippen LogP) is 0.545. The standard InChI is InChI=1S/C15H27N5O/c1-4-6-20-7-5-16-14(20)11-17-15(21)10-13-12-18(2)8-9-19(13)3/h5,7,13H,4,6,8-12H2,1-3H3,(H,17,21)/t13-/m1/s1. The normalized spacial score (nSPS) is 20.6. The van der Waals surface area contributed by atoms with E-state index in [1.807, 2.05) is 6.20 Å². The Kier molecular flexibility index (Phi) is 5.76. The van der Waals surface area contributed by atoms with Crippen molar-refractivity contribution in [2.75, 3.05) is 33.7 Å². The molecule has 1 fully saturated rings. The lowest BCUT2D eigenvalue weighted by atomic mass is 10.1. The quantitative estimate of drug-likeness (QED) is 0.832. The second-order valence-corrected chi connectivity index (χ2v) is 5.91. The average molecular weight is 293 g/mol. The van der Waals surface area contributed by atoms with Gasteiger partial charge in [0.25, 0.3) is 0 Å². The Morgan fingerprint density at radius 3 is 3.00 bits per heavy atom. The van der Waals surface area contributed by atoms with Crippen LogP contribution in [0.4, 0.5) is 0 Å². The topological polar surface area (TPSA) is 53.4 Å². The monoisotopic (exact) mass is 293 g/mol. The zero-order valence-electron chi connectivity index (χ0n) is 13.4. The Balaban J connectivity index is 1.80. The van der Waals surface area contributed by atoms with E-state index in [1.165, 1.54) is 0 Å². The fraction of sp³-hybridized carbons (Fsp3) is 0.733. The largest absolute Gasteiger partial charge is 0.349 e. The summed E-state index contributed by atoms with van der Waals surface area (Å²) in [7, 11) is 4.21. The number of piperazine rings is 1. The smallest absolute Gasteiger partial charge is 0.221 e. The van der Waals surface area contributed by atoms with Crippen LogP contribution in [0.5, 0.6) is 0 Å². The summed E-state index contributed by atoms with van der Waals surface area (Å²) in [6, 6.07) is 0.305. The van der Waals surface area contributed by atoms with Crippen molar-refractivity contribution < 1.29 is 4.79 Å². The Morgan fingerprint density at radius 1 is 1.43 bits per heavy atom. The Bertz CT molecular complexity index is 459. The molecule has 0 unspecified atom stereocenters. The zero-order chi connectivity index (χ0) is 15.2. The molecule has 1 aliphatic heterocycles. The van der Waals surface area contributed by atoms with Gasteiger partial charge in [-0.3, -0.25) is 4.79 Å². The van der Waals surface area contributed by atoms with Crippen LogP contribution in [-0.4, -0.2) is 65.0 Å². The minimum atomic E-state index is 0.105. The summed E-state index contributed by atoms with van der Waals surface area (Å²) in [6.07, 6.45) is 5.38. The third-order valence-electron chi connectivity index (χ3n) is 4.11. The molecule has 1 N–H and O–H groups in total. The maximum Gasteiger partial charge on any atom is 0.221 e. The number of rotatable bonds is 6. The number of imidazole rings is 1. The van der Waals surface area contributed by atoms with Gasteiger partial charge < -0.3 is 19.7 Å². The molecule has 1 amide bonds. The molecule has 21 heavy (non-hydrogen) atoms. The number of carbonyl (C=O) groups excluding carboxylic acids is 1. The second kappa shape index (κ2) is 7.56. The van der Waals surface area contributed by atoms with Crippen molar-refractivity contribution in [3.63, 3.8) is 0 Å². The molecule has 118 valence electrons. The molecule has 0 aliphatic carbocycles. The second-order valence-electron chi connectivity index (χ2n) is 5.91. The van der Waals surface area contributed by atoms with E-state index in [0.29, 0.717) is 19.0 Å². The van der Waals surface area contributed by atoms with E-state index >= 15 is 0 Å². The van der Waals surface area contributed by atoms with E-state index in [9.17, 15) is 4.79 Å². The fourth-order valence-electron chi connectivity index (χ4n) is 2.74. The van der Waals surface area contributed by atoms with Crippen molar-refractivity contribution in [3.05, 3.63) is 18.2 Å². The van der Waals surface area contributed by atoms with Crippen LogP contribution in [0.1, 0.15) is 25.6 Å². The summed E-state index contributed by atoms with van der Waals surface area (Å²) in [5.41, 5.74) is 0. The lowest BCUT2D eigenvalue weighted by Crippen LogP contribution is -2.51. The van der Waals surface area contributed by atoms with Gasteiger partial charge in [-0.15, -0.1) is 0 Å². The predicted molar refractivity (Wildman–Crippen MR) is 82.9 cm³/mol. The van der Waals surface area contributed by atoms with E-state index in [-0.39, 0.29) is 5.91 Å². The Hall–Kier alpha value is -1.40. The highest BCUT2D eigenvalue weighted by Crippen LogP contribution is 2.09. The zero-order valence-corrected chi connectivity index (χ0v) is 13.4. The number of likely N-dealkylation sites (N-methyl/N-ethyl adjacent to an activating group) is 2. The molecule has 1 saturated heterocycles. The first-order valence-corrected chi connectivity index (χ1v) is 7.75. The van der Waals surface area contributed by atoms with Crippen molar-refractivity contribution in [3.8, 4) is 0 Å². The molecule has 6 nitrogen and oxygen atoms in total. The van der Waals surface area contributed by atoms with Gasteiger partial charge in [-0.2, -0.15) is 0 Å². The first-order valence-electron chi connectivity index (χ1n) is 7.75. The summed E-state index contributed by atoms with van der Waals surface area (Å²) < 4.78 is 2.10. The maximum absolute atomic E-state index is 12.1. The van der Waals surface area contributed by atoms with Crippen LogP contribution in [-0.2, 0) is 17.9 Å². The third-order valence-corrected chi connectivity index (χ3v) is 4.11. The number of amides is 1. The summed E-state index contributed by atoms with van der Waals surface area (Å²) in [4.78, 5) is 21.0. The molecule has 0 radical (unpaired) electrons. The molecule has 1 aromatic heterocycles. The van der Waals surface area contributed by atoms with Gasteiger partial charge in [0.2, 0.25) is 5.91 Å². The van der Waals surface area contributed by atoms with Gasteiger partial charge in [-0.25, -0.2) is 4.98 Å². The molecule has 0 bridgehead atoms. The minimum Gasteiger partial charge on any atom is -0.349 e. The van der Waals surface area contributed by atoms with E-state index < -0.39 is 0 Å². The molecule has 1 aromatic rings. The van der Waals surface area contributed by atoms with Gasteiger partial charge in [0, 0.05) is 51.0 Å². The maximum atomic E-state index is 12.1. The van der Waals surface area contributed by atoms with Gasteiger partial charge in [0.15, 0.2) is 0 Å². The van der Waals surface area contributed by atoms with E-state index in [4.69, 9.17) is 0 Å². The number of nitrogens with one attached hydrogen (secondary N) is 1.